The summed E-state index contributed by atoms with van der Waals surface area (Å²) in [4.78, 5) is 13.6. The van der Waals surface area contributed by atoms with Crippen LogP contribution >= 0.6 is 11.3 Å². The number of nitrogens with one attached hydrogen (secondary N) is 1. The summed E-state index contributed by atoms with van der Waals surface area (Å²) in [5.41, 5.74) is 4.10. The van der Waals surface area contributed by atoms with Crippen molar-refractivity contribution in [2.24, 2.45) is 0 Å². The topological polar surface area (TPSA) is 49.0 Å². The number of hydrogen-bond donors (Lipinski definition) is 1. The minimum absolute atomic E-state index is 0.0861. The van der Waals surface area contributed by atoms with E-state index >= 15 is 0 Å². The minimum Gasteiger partial charge on any atom is -0.291 e. The van der Waals surface area contributed by atoms with Crippen molar-refractivity contribution in [2.75, 3.05) is 6.54 Å². The zero-order chi connectivity index (χ0) is 15.6. The molecule has 23 heavy (non-hydrogen) atoms. The Kier molecular flexibility index (Phi) is 3.81. The second kappa shape index (κ2) is 6.10. The molecule has 1 atom stereocenters. The molecule has 3 aromatic rings. The summed E-state index contributed by atoms with van der Waals surface area (Å²) < 4.78 is 0. The van der Waals surface area contributed by atoms with Gasteiger partial charge >= 0.3 is 4.87 Å². The van der Waals surface area contributed by atoms with Crippen molar-refractivity contribution in [3.63, 3.8) is 0 Å². The molecule has 0 fully saturated rings. The summed E-state index contributed by atoms with van der Waals surface area (Å²) in [6, 6.07) is 19.3. The first-order chi connectivity index (χ1) is 11.3. The van der Waals surface area contributed by atoms with Crippen molar-refractivity contribution in [1.82, 2.24) is 15.1 Å². The predicted molar refractivity (Wildman–Crippen MR) is 91.6 cm³/mol. The molecular formula is C18H17N3OS. The van der Waals surface area contributed by atoms with Gasteiger partial charge in [0.05, 0.1) is 6.54 Å². The SMILES string of the molecule is O=c1[nH]nc(CN2Cc3ccccc3C(c3ccccc3)C2)s1. The molecule has 1 unspecified atom stereocenters. The Labute approximate surface area is 138 Å². The lowest BCUT2D eigenvalue weighted by Crippen LogP contribution is -2.33. The molecule has 0 saturated carbocycles. The summed E-state index contributed by atoms with van der Waals surface area (Å²) in [5, 5.41) is 7.46. The lowest BCUT2D eigenvalue weighted by atomic mass is 9.85. The van der Waals surface area contributed by atoms with Crippen molar-refractivity contribution >= 4 is 11.3 Å². The normalized spacial score (nSPS) is 17.8. The fraction of sp³-hybridized carbons (Fsp3) is 0.222. The number of benzene rings is 2. The van der Waals surface area contributed by atoms with Crippen molar-refractivity contribution in [1.29, 1.82) is 0 Å². The van der Waals surface area contributed by atoms with Crippen LogP contribution in [0.1, 0.15) is 27.6 Å². The number of fused-ring (bicyclic) bond motifs is 1. The van der Waals surface area contributed by atoms with E-state index in [0.717, 1.165) is 18.1 Å². The number of aromatic nitrogens is 2. The zero-order valence-electron chi connectivity index (χ0n) is 12.6. The van der Waals surface area contributed by atoms with Gasteiger partial charge in [0.15, 0.2) is 0 Å². The van der Waals surface area contributed by atoms with Crippen LogP contribution in [0.3, 0.4) is 0 Å². The zero-order valence-corrected chi connectivity index (χ0v) is 13.4. The minimum atomic E-state index is -0.0861. The number of nitrogens with zero attached hydrogens (tertiary/aromatic N) is 2. The third-order valence-corrected chi connectivity index (χ3v) is 5.04. The summed E-state index contributed by atoms with van der Waals surface area (Å²) >= 11 is 1.20. The molecule has 0 bridgehead atoms. The number of aromatic amines is 1. The van der Waals surface area contributed by atoms with Crippen molar-refractivity contribution < 1.29 is 0 Å². The highest BCUT2D eigenvalue weighted by atomic mass is 32.1. The van der Waals surface area contributed by atoms with Gasteiger partial charge in [0.25, 0.3) is 0 Å². The largest absolute Gasteiger partial charge is 0.322 e. The molecule has 2 aromatic carbocycles. The molecule has 5 heteroatoms. The second-order valence-electron chi connectivity index (χ2n) is 5.84. The first-order valence-electron chi connectivity index (χ1n) is 7.69. The van der Waals surface area contributed by atoms with Gasteiger partial charge in [-0.05, 0) is 16.7 Å². The monoisotopic (exact) mass is 323 g/mol. The van der Waals surface area contributed by atoms with Gasteiger partial charge in [-0.3, -0.25) is 9.69 Å². The molecule has 1 aliphatic heterocycles. The molecule has 0 amide bonds. The summed E-state index contributed by atoms with van der Waals surface area (Å²) in [6.07, 6.45) is 0. The van der Waals surface area contributed by atoms with Crippen molar-refractivity contribution in [3.8, 4) is 0 Å². The van der Waals surface area contributed by atoms with Gasteiger partial charge in [-0.1, -0.05) is 65.9 Å². The Bertz CT molecular complexity index is 856. The standard InChI is InChI=1S/C18H17N3OS/c22-18-20-19-17(23-18)12-21-10-14-8-4-5-9-15(14)16(11-21)13-6-2-1-3-7-13/h1-9,16H,10-12H2,(H,20,22). The van der Waals surface area contributed by atoms with Crippen LogP contribution in [-0.2, 0) is 13.1 Å². The van der Waals surface area contributed by atoms with Crippen LogP contribution in [-0.4, -0.2) is 21.6 Å². The van der Waals surface area contributed by atoms with Crippen LogP contribution in [0.4, 0.5) is 0 Å². The molecule has 1 aromatic heterocycles. The van der Waals surface area contributed by atoms with Gasteiger partial charge in [-0.2, -0.15) is 5.10 Å². The Balaban J connectivity index is 1.67. The molecule has 1 N–H and O–H groups in total. The van der Waals surface area contributed by atoms with Crippen molar-refractivity contribution in [2.45, 2.75) is 19.0 Å². The fourth-order valence-electron chi connectivity index (χ4n) is 3.29. The maximum atomic E-state index is 11.3. The van der Waals surface area contributed by atoms with E-state index in [1.807, 2.05) is 0 Å². The van der Waals surface area contributed by atoms with E-state index in [0.29, 0.717) is 12.5 Å². The molecule has 1 aliphatic rings. The predicted octanol–water partition coefficient (Wildman–Crippen LogP) is 2.98. The van der Waals surface area contributed by atoms with E-state index in [9.17, 15) is 4.79 Å². The van der Waals surface area contributed by atoms with Gasteiger partial charge in [0.1, 0.15) is 5.01 Å². The molecule has 0 spiro atoms. The molecule has 0 aliphatic carbocycles. The lowest BCUT2D eigenvalue weighted by Gasteiger charge is -2.34. The highest BCUT2D eigenvalue weighted by Crippen LogP contribution is 2.33. The Morgan fingerprint density at radius 2 is 1.91 bits per heavy atom. The fourth-order valence-corrected chi connectivity index (χ4v) is 3.93. The highest BCUT2D eigenvalue weighted by molar-refractivity contribution is 7.08. The van der Waals surface area contributed by atoms with Gasteiger partial charge < -0.3 is 0 Å². The second-order valence-corrected chi connectivity index (χ2v) is 6.88. The maximum absolute atomic E-state index is 11.3. The van der Waals surface area contributed by atoms with E-state index in [-0.39, 0.29) is 4.87 Å². The van der Waals surface area contributed by atoms with E-state index in [1.165, 1.54) is 28.0 Å². The number of rotatable bonds is 3. The molecule has 4 rings (SSSR count). The summed E-state index contributed by atoms with van der Waals surface area (Å²) in [7, 11) is 0. The quantitative estimate of drug-likeness (QED) is 0.806. The van der Waals surface area contributed by atoms with Crippen LogP contribution in [0.15, 0.2) is 59.4 Å². The number of H-pyrrole nitrogens is 1. The molecule has 0 radical (unpaired) electrons. The average Bonchev–Trinajstić information content (AvgIpc) is 3.00. The van der Waals surface area contributed by atoms with Crippen LogP contribution in [0.25, 0.3) is 0 Å². The third kappa shape index (κ3) is 2.98. The Morgan fingerprint density at radius 1 is 1.13 bits per heavy atom. The van der Waals surface area contributed by atoms with E-state index in [2.05, 4.69) is 69.7 Å². The molecule has 0 saturated heterocycles. The Hall–Kier alpha value is -2.24. The van der Waals surface area contributed by atoms with Crippen LogP contribution in [0, 0.1) is 0 Å². The summed E-state index contributed by atoms with van der Waals surface area (Å²) in [6.45, 7) is 2.54. The smallest absolute Gasteiger partial charge is 0.291 e. The molecule has 116 valence electrons. The average molecular weight is 323 g/mol. The van der Waals surface area contributed by atoms with E-state index in [1.54, 1.807) is 0 Å². The lowest BCUT2D eigenvalue weighted by molar-refractivity contribution is 0.231. The first-order valence-corrected chi connectivity index (χ1v) is 8.51. The van der Waals surface area contributed by atoms with Gasteiger partial charge in [-0.25, -0.2) is 5.10 Å². The number of hydrogen-bond acceptors (Lipinski definition) is 4. The van der Waals surface area contributed by atoms with E-state index < -0.39 is 0 Å². The van der Waals surface area contributed by atoms with Gasteiger partial charge in [0.2, 0.25) is 0 Å². The first kappa shape index (κ1) is 14.4. The maximum Gasteiger partial charge on any atom is 0.322 e. The molecule has 2 heterocycles. The van der Waals surface area contributed by atoms with Crippen LogP contribution < -0.4 is 4.87 Å². The van der Waals surface area contributed by atoms with Gasteiger partial charge in [0, 0.05) is 19.0 Å². The van der Waals surface area contributed by atoms with Crippen molar-refractivity contribution in [3.05, 3.63) is 86.0 Å². The van der Waals surface area contributed by atoms with E-state index in [4.69, 9.17) is 0 Å². The molecular weight excluding hydrogens is 306 g/mol. The van der Waals surface area contributed by atoms with Crippen LogP contribution in [0.2, 0.25) is 0 Å². The summed E-state index contributed by atoms with van der Waals surface area (Å²) in [5.74, 6) is 0.358. The van der Waals surface area contributed by atoms with Gasteiger partial charge in [-0.15, -0.1) is 0 Å². The molecule has 4 nitrogen and oxygen atoms in total. The van der Waals surface area contributed by atoms with Crippen LogP contribution in [0.5, 0.6) is 0 Å². The highest BCUT2D eigenvalue weighted by Gasteiger charge is 2.26. The third-order valence-electron chi connectivity index (χ3n) is 4.31. The Morgan fingerprint density at radius 3 is 2.70 bits per heavy atom.